The van der Waals surface area contributed by atoms with Crippen LogP contribution in [0.1, 0.15) is 36.9 Å². The van der Waals surface area contributed by atoms with E-state index in [0.717, 1.165) is 49.8 Å². The number of fused-ring (bicyclic) bond motifs is 1. The maximum atomic E-state index is 11.3. The van der Waals surface area contributed by atoms with E-state index in [1.807, 2.05) is 12.1 Å². The van der Waals surface area contributed by atoms with Crippen LogP contribution in [-0.4, -0.2) is 46.2 Å². The Hall–Kier alpha value is -1.66. The lowest BCUT2D eigenvalue weighted by molar-refractivity contribution is 0.141. The van der Waals surface area contributed by atoms with Crippen molar-refractivity contribution in [3.8, 4) is 0 Å². The first kappa shape index (κ1) is 16.7. The minimum Gasteiger partial charge on any atom is -0.465 e. The van der Waals surface area contributed by atoms with E-state index in [2.05, 4.69) is 4.98 Å². The van der Waals surface area contributed by atoms with Gasteiger partial charge in [-0.25, -0.2) is 9.78 Å². The van der Waals surface area contributed by atoms with Crippen LogP contribution in [0, 0.1) is 5.92 Å². The number of anilines is 1. The molecule has 0 bridgehead atoms. The number of aryl methyl sites for hydroxylation is 2. The number of carboxylic acid groups (broad SMARTS) is 1. The lowest BCUT2D eigenvalue weighted by Gasteiger charge is -2.26. The molecular weight excluding hydrogens is 284 g/mol. The topological polar surface area (TPSA) is 93.9 Å². The summed E-state index contributed by atoms with van der Waals surface area (Å²) < 4.78 is 0. The van der Waals surface area contributed by atoms with Gasteiger partial charge in [0.1, 0.15) is 5.82 Å². The van der Waals surface area contributed by atoms with Gasteiger partial charge in [-0.05, 0) is 43.7 Å². The summed E-state index contributed by atoms with van der Waals surface area (Å²) in [5.74, 6) is 0.541. The monoisotopic (exact) mass is 308 g/mol. The number of rotatable bonds is 7. The normalized spacial score (nSPS) is 14.2. The third kappa shape index (κ3) is 4.18. The van der Waals surface area contributed by atoms with E-state index in [9.17, 15) is 9.90 Å². The van der Waals surface area contributed by atoms with Crippen molar-refractivity contribution in [2.75, 3.05) is 24.7 Å². The van der Waals surface area contributed by atoms with Gasteiger partial charge in [0.25, 0.3) is 0 Å². The van der Waals surface area contributed by atoms with Gasteiger partial charge in [0, 0.05) is 31.4 Å². The molecule has 0 radical (unpaired) electrons. The van der Waals surface area contributed by atoms with Crippen molar-refractivity contribution in [2.45, 2.75) is 38.5 Å². The maximum absolute atomic E-state index is 11.3. The van der Waals surface area contributed by atoms with Crippen molar-refractivity contribution < 1.29 is 20.1 Å². The van der Waals surface area contributed by atoms with Crippen LogP contribution in [0.3, 0.4) is 0 Å². The number of aliphatic hydroxyl groups excluding tert-OH is 2. The van der Waals surface area contributed by atoms with Crippen molar-refractivity contribution >= 4 is 11.9 Å². The first-order valence-electron chi connectivity index (χ1n) is 7.86. The van der Waals surface area contributed by atoms with E-state index >= 15 is 0 Å². The standard InChI is InChI=1S/C16H24N2O4/c19-10-12(11-20)4-1-2-6-14-8-7-13-5-3-9-18(16(21)22)15(13)17-14/h7-8,12,19-20H,1-6,9-11H2,(H,21,22). The first-order chi connectivity index (χ1) is 10.7. The van der Waals surface area contributed by atoms with Gasteiger partial charge >= 0.3 is 6.09 Å². The fraction of sp³-hybridized carbons (Fsp3) is 0.625. The molecule has 2 heterocycles. The lowest BCUT2D eigenvalue weighted by Crippen LogP contribution is -2.35. The molecule has 6 nitrogen and oxygen atoms in total. The largest absolute Gasteiger partial charge is 0.465 e. The fourth-order valence-electron chi connectivity index (χ4n) is 2.78. The molecule has 2 rings (SSSR count). The molecule has 0 aliphatic carbocycles. The zero-order valence-electron chi connectivity index (χ0n) is 12.7. The molecule has 0 atom stereocenters. The Kier molecular flexibility index (Phi) is 6.15. The summed E-state index contributed by atoms with van der Waals surface area (Å²) >= 11 is 0. The maximum Gasteiger partial charge on any atom is 0.413 e. The van der Waals surface area contributed by atoms with Crippen molar-refractivity contribution in [3.05, 3.63) is 23.4 Å². The Morgan fingerprint density at radius 1 is 1.27 bits per heavy atom. The number of pyridine rings is 1. The molecule has 0 unspecified atom stereocenters. The molecule has 1 aliphatic heterocycles. The number of nitrogens with zero attached hydrogens (tertiary/aromatic N) is 2. The highest BCUT2D eigenvalue weighted by atomic mass is 16.4. The summed E-state index contributed by atoms with van der Waals surface area (Å²) in [5.41, 5.74) is 1.90. The first-order valence-corrected chi connectivity index (χ1v) is 7.86. The highest BCUT2D eigenvalue weighted by Crippen LogP contribution is 2.25. The van der Waals surface area contributed by atoms with Crippen LogP contribution in [0.2, 0.25) is 0 Å². The number of aliphatic hydroxyl groups is 2. The second kappa shape index (κ2) is 8.10. The van der Waals surface area contributed by atoms with Crippen LogP contribution >= 0.6 is 0 Å². The summed E-state index contributed by atoms with van der Waals surface area (Å²) in [6.07, 6.45) is 4.16. The van der Waals surface area contributed by atoms with Crippen molar-refractivity contribution in [1.82, 2.24) is 4.98 Å². The highest BCUT2D eigenvalue weighted by Gasteiger charge is 2.23. The second-order valence-corrected chi connectivity index (χ2v) is 5.80. The third-order valence-corrected chi connectivity index (χ3v) is 4.14. The van der Waals surface area contributed by atoms with Crippen LogP contribution in [0.5, 0.6) is 0 Å². The van der Waals surface area contributed by atoms with Gasteiger partial charge in [-0.3, -0.25) is 4.90 Å². The van der Waals surface area contributed by atoms with Crippen molar-refractivity contribution in [3.63, 3.8) is 0 Å². The predicted molar refractivity (Wildman–Crippen MR) is 83.1 cm³/mol. The number of hydrogen-bond acceptors (Lipinski definition) is 4. The molecule has 0 spiro atoms. The van der Waals surface area contributed by atoms with Crippen molar-refractivity contribution in [2.24, 2.45) is 5.92 Å². The van der Waals surface area contributed by atoms with Crippen LogP contribution in [-0.2, 0) is 12.8 Å². The average Bonchev–Trinajstić information content (AvgIpc) is 2.54. The smallest absolute Gasteiger partial charge is 0.413 e. The molecule has 122 valence electrons. The summed E-state index contributed by atoms with van der Waals surface area (Å²) in [6.45, 7) is 0.538. The minimum atomic E-state index is -0.945. The molecule has 0 aromatic carbocycles. The molecule has 1 amide bonds. The van der Waals surface area contributed by atoms with E-state index in [1.165, 1.54) is 4.90 Å². The van der Waals surface area contributed by atoms with Crippen molar-refractivity contribution in [1.29, 1.82) is 0 Å². The van der Waals surface area contributed by atoms with Gasteiger partial charge in [0.15, 0.2) is 0 Å². The van der Waals surface area contributed by atoms with Crippen LogP contribution < -0.4 is 4.90 Å². The van der Waals surface area contributed by atoms with Gasteiger partial charge in [-0.1, -0.05) is 12.5 Å². The van der Waals surface area contributed by atoms with E-state index in [4.69, 9.17) is 10.2 Å². The van der Waals surface area contributed by atoms with E-state index in [-0.39, 0.29) is 19.1 Å². The lowest BCUT2D eigenvalue weighted by atomic mass is 10.0. The molecule has 22 heavy (non-hydrogen) atoms. The van der Waals surface area contributed by atoms with Gasteiger partial charge in [-0.2, -0.15) is 0 Å². The third-order valence-electron chi connectivity index (χ3n) is 4.14. The fourth-order valence-corrected chi connectivity index (χ4v) is 2.78. The number of aromatic nitrogens is 1. The second-order valence-electron chi connectivity index (χ2n) is 5.80. The Bertz CT molecular complexity index is 503. The van der Waals surface area contributed by atoms with E-state index in [0.29, 0.717) is 12.4 Å². The van der Waals surface area contributed by atoms with Gasteiger partial charge < -0.3 is 15.3 Å². The van der Waals surface area contributed by atoms with Crippen LogP contribution in [0.15, 0.2) is 12.1 Å². The summed E-state index contributed by atoms with van der Waals surface area (Å²) in [7, 11) is 0. The van der Waals surface area contributed by atoms with E-state index < -0.39 is 6.09 Å². The number of carbonyl (C=O) groups is 1. The molecule has 1 aromatic rings. The minimum absolute atomic E-state index is 0.0150. The summed E-state index contributed by atoms with van der Waals surface area (Å²) in [6, 6.07) is 3.96. The molecular formula is C16H24N2O4. The Labute approximate surface area is 130 Å². The SMILES string of the molecule is O=C(O)N1CCCc2ccc(CCCCC(CO)CO)nc21. The molecule has 1 aromatic heterocycles. The zero-order chi connectivity index (χ0) is 15.9. The van der Waals surface area contributed by atoms with Crippen LogP contribution in [0.25, 0.3) is 0 Å². The average molecular weight is 308 g/mol. The van der Waals surface area contributed by atoms with Gasteiger partial charge in [0.05, 0.1) is 0 Å². The Morgan fingerprint density at radius 3 is 2.73 bits per heavy atom. The molecule has 6 heteroatoms. The number of hydrogen-bond donors (Lipinski definition) is 3. The Morgan fingerprint density at radius 2 is 2.05 bits per heavy atom. The number of amides is 1. The Balaban J connectivity index is 1.93. The molecule has 3 N–H and O–H groups in total. The quantitative estimate of drug-likeness (QED) is 0.668. The highest BCUT2D eigenvalue weighted by molar-refractivity contribution is 5.86. The molecule has 0 saturated carbocycles. The van der Waals surface area contributed by atoms with E-state index in [1.54, 1.807) is 0 Å². The molecule has 0 fully saturated rings. The van der Waals surface area contributed by atoms with Crippen LogP contribution in [0.4, 0.5) is 10.6 Å². The van der Waals surface area contributed by atoms with Gasteiger partial charge in [-0.15, -0.1) is 0 Å². The number of unbranched alkanes of at least 4 members (excludes halogenated alkanes) is 1. The molecule has 1 aliphatic rings. The summed E-state index contributed by atoms with van der Waals surface area (Å²) in [5, 5.41) is 27.3. The summed E-state index contributed by atoms with van der Waals surface area (Å²) in [4.78, 5) is 17.1. The molecule has 0 saturated heterocycles. The zero-order valence-corrected chi connectivity index (χ0v) is 12.7. The predicted octanol–water partition coefficient (Wildman–Crippen LogP) is 1.83. The van der Waals surface area contributed by atoms with Gasteiger partial charge in [0.2, 0.25) is 0 Å².